The van der Waals surface area contributed by atoms with Crippen LogP contribution in [-0.2, 0) is 24.9 Å². The molecule has 2 aromatic heterocycles. The zero-order chi connectivity index (χ0) is 38.4. The van der Waals surface area contributed by atoms with Crippen LogP contribution in [0, 0.1) is 0 Å². The Morgan fingerprint density at radius 3 is 1.56 bits per heavy atom. The Balaban J connectivity index is 1.29. The van der Waals surface area contributed by atoms with Crippen molar-refractivity contribution in [2.45, 2.75) is 238 Å². The summed E-state index contributed by atoms with van der Waals surface area (Å²) in [5, 5.41) is 0. The number of nitrogen functional groups attached to an aromatic ring is 1. The third-order valence-corrected chi connectivity index (χ3v) is 13.0. The topological polar surface area (TPSA) is 114 Å². The number of rotatable bonds is 36. The molecule has 3 heterocycles. The highest BCUT2D eigenvalue weighted by atomic mass is 31.2. The Hall–Kier alpha value is -1.54. The van der Waals surface area contributed by atoms with E-state index in [2.05, 4.69) is 28.8 Å². The van der Waals surface area contributed by atoms with Crippen molar-refractivity contribution in [2.75, 3.05) is 18.7 Å². The molecule has 1 fully saturated rings. The SMILES string of the molecule is CCCCCCCCCCCCCCCCCCOP1(=O)CO[C@@H](Cn2cnc3c(N)ncnc32)C(CCCCCCCCCCCCCCCCC)O1. The van der Waals surface area contributed by atoms with Gasteiger partial charge in [0.25, 0.3) is 0 Å². The summed E-state index contributed by atoms with van der Waals surface area (Å²) in [5.74, 6) is 0.362. The third-order valence-electron chi connectivity index (χ3n) is 11.3. The van der Waals surface area contributed by atoms with Gasteiger partial charge in [-0.1, -0.05) is 206 Å². The molecular weight excluding hydrogens is 693 g/mol. The molecule has 1 aliphatic rings. The molecule has 10 heteroatoms. The average molecular weight is 776 g/mol. The molecule has 3 atom stereocenters. The predicted octanol–water partition coefficient (Wildman–Crippen LogP) is 13.9. The smallest absolute Gasteiger partial charge is 0.356 e. The standard InChI is InChI=1S/C44H82N5O4P/c1-3-5-7-9-11-13-15-17-19-21-23-25-27-29-31-33-35-52-54(50)39-51-41(36-49-38-48-42-43(45)46-37-47-44(42)49)40(53-54)34-32-30-28-26-24-22-20-18-16-14-12-10-8-6-4-2/h37-38,40-41H,3-36,39H2,1-2H3,(H2,45,46,47)/t40?,41-,54?/m0/s1. The maximum atomic E-state index is 13.7. The van der Waals surface area contributed by atoms with Crippen LogP contribution in [0.2, 0.25) is 0 Å². The molecule has 9 nitrogen and oxygen atoms in total. The number of fused-ring (bicyclic) bond motifs is 1. The number of nitrogens with zero attached hydrogens (tertiary/aromatic N) is 4. The van der Waals surface area contributed by atoms with Gasteiger partial charge in [0, 0.05) is 0 Å². The number of hydrogen-bond donors (Lipinski definition) is 1. The first-order valence-corrected chi connectivity index (χ1v) is 24.7. The average Bonchev–Trinajstić information content (AvgIpc) is 3.59. The Morgan fingerprint density at radius 2 is 1.07 bits per heavy atom. The molecule has 3 rings (SSSR count). The number of aromatic nitrogens is 4. The summed E-state index contributed by atoms with van der Waals surface area (Å²) in [6.45, 7) is 5.52. The van der Waals surface area contributed by atoms with Gasteiger partial charge in [-0.05, 0) is 12.8 Å². The molecule has 1 saturated heterocycles. The van der Waals surface area contributed by atoms with E-state index in [1.807, 2.05) is 4.57 Å². The molecule has 0 saturated carbocycles. The van der Waals surface area contributed by atoms with Gasteiger partial charge in [-0.2, -0.15) is 0 Å². The Labute approximate surface area is 331 Å². The van der Waals surface area contributed by atoms with E-state index in [0.717, 1.165) is 32.1 Å². The fourth-order valence-corrected chi connectivity index (χ4v) is 9.50. The van der Waals surface area contributed by atoms with Crippen LogP contribution in [0.1, 0.15) is 219 Å². The molecule has 312 valence electrons. The maximum absolute atomic E-state index is 13.7. The molecule has 0 radical (unpaired) electrons. The number of ether oxygens (including phenoxy) is 1. The Bertz CT molecular complexity index is 1230. The summed E-state index contributed by atoms with van der Waals surface area (Å²) < 4.78 is 34.3. The lowest BCUT2D eigenvalue weighted by atomic mass is 10.0. The van der Waals surface area contributed by atoms with Crippen LogP contribution < -0.4 is 5.73 Å². The second-order valence-corrected chi connectivity index (χ2v) is 18.2. The molecule has 0 bridgehead atoms. The van der Waals surface area contributed by atoms with Gasteiger partial charge in [0.1, 0.15) is 24.3 Å². The fourth-order valence-electron chi connectivity index (χ4n) is 7.87. The van der Waals surface area contributed by atoms with E-state index in [1.165, 1.54) is 180 Å². The molecule has 2 N–H and O–H groups in total. The van der Waals surface area contributed by atoms with Gasteiger partial charge in [-0.25, -0.2) is 15.0 Å². The molecule has 0 spiro atoms. The van der Waals surface area contributed by atoms with E-state index in [-0.39, 0.29) is 18.6 Å². The van der Waals surface area contributed by atoms with Crippen molar-refractivity contribution in [3.63, 3.8) is 0 Å². The van der Waals surface area contributed by atoms with Crippen molar-refractivity contribution < 1.29 is 18.3 Å². The van der Waals surface area contributed by atoms with Crippen molar-refractivity contribution in [1.29, 1.82) is 0 Å². The quantitative estimate of drug-likeness (QED) is 0.0537. The second kappa shape index (κ2) is 30.6. The van der Waals surface area contributed by atoms with Crippen LogP contribution in [0.4, 0.5) is 5.82 Å². The summed E-state index contributed by atoms with van der Waals surface area (Å²) in [5.41, 5.74) is 7.29. The minimum Gasteiger partial charge on any atom is -0.382 e. The van der Waals surface area contributed by atoms with Crippen molar-refractivity contribution in [2.24, 2.45) is 0 Å². The first kappa shape index (κ1) is 46.8. The Kier molecular flexibility index (Phi) is 26.5. The summed E-state index contributed by atoms with van der Waals surface area (Å²) in [6, 6.07) is 0. The number of hydrogen-bond acceptors (Lipinski definition) is 8. The summed E-state index contributed by atoms with van der Waals surface area (Å²) in [7, 11) is -3.33. The zero-order valence-corrected chi connectivity index (χ0v) is 35.9. The molecule has 54 heavy (non-hydrogen) atoms. The lowest BCUT2D eigenvalue weighted by Gasteiger charge is -2.36. The van der Waals surface area contributed by atoms with Gasteiger partial charge in [-0.15, -0.1) is 0 Å². The Morgan fingerprint density at radius 1 is 0.630 bits per heavy atom. The highest BCUT2D eigenvalue weighted by molar-refractivity contribution is 7.53. The van der Waals surface area contributed by atoms with Crippen LogP contribution in [-0.4, -0.2) is 44.7 Å². The van der Waals surface area contributed by atoms with Crippen molar-refractivity contribution in [3.8, 4) is 0 Å². The molecular formula is C44H82N5O4P. The molecule has 2 unspecified atom stereocenters. The number of imidazole rings is 1. The maximum Gasteiger partial charge on any atom is 0.356 e. The zero-order valence-electron chi connectivity index (χ0n) is 35.0. The van der Waals surface area contributed by atoms with E-state index in [4.69, 9.17) is 19.5 Å². The van der Waals surface area contributed by atoms with Crippen molar-refractivity contribution >= 4 is 24.6 Å². The van der Waals surface area contributed by atoms with Crippen LogP contribution >= 0.6 is 7.60 Å². The van der Waals surface area contributed by atoms with E-state index in [1.54, 1.807) is 6.33 Å². The van der Waals surface area contributed by atoms with Gasteiger partial charge in [0.15, 0.2) is 11.5 Å². The number of anilines is 1. The highest BCUT2D eigenvalue weighted by Gasteiger charge is 2.40. The fraction of sp³-hybridized carbons (Fsp3) is 0.886. The van der Waals surface area contributed by atoms with Crippen molar-refractivity contribution in [3.05, 3.63) is 12.7 Å². The van der Waals surface area contributed by atoms with E-state index in [0.29, 0.717) is 30.1 Å². The van der Waals surface area contributed by atoms with Gasteiger partial charge >= 0.3 is 7.60 Å². The molecule has 0 aliphatic carbocycles. The van der Waals surface area contributed by atoms with Crippen LogP contribution in [0.25, 0.3) is 11.2 Å². The highest BCUT2D eigenvalue weighted by Crippen LogP contribution is 2.54. The van der Waals surface area contributed by atoms with Crippen LogP contribution in [0.5, 0.6) is 0 Å². The summed E-state index contributed by atoms with van der Waals surface area (Å²) in [4.78, 5) is 12.9. The third kappa shape index (κ3) is 20.6. The number of unbranched alkanes of at least 4 members (excludes halogenated alkanes) is 29. The minimum absolute atomic E-state index is 0.0182. The molecule has 2 aromatic rings. The predicted molar refractivity (Wildman–Crippen MR) is 227 cm³/mol. The largest absolute Gasteiger partial charge is 0.382 e. The normalized spacial score (nSPS) is 18.9. The second-order valence-electron chi connectivity index (χ2n) is 16.3. The number of nitrogens with two attached hydrogens (primary N) is 1. The van der Waals surface area contributed by atoms with E-state index in [9.17, 15) is 4.57 Å². The summed E-state index contributed by atoms with van der Waals surface area (Å²) in [6.07, 6.45) is 44.4. The van der Waals surface area contributed by atoms with Crippen LogP contribution in [0.3, 0.4) is 0 Å². The van der Waals surface area contributed by atoms with Gasteiger partial charge in [-0.3, -0.25) is 4.57 Å². The van der Waals surface area contributed by atoms with E-state index >= 15 is 0 Å². The van der Waals surface area contributed by atoms with Gasteiger partial charge < -0.3 is 24.1 Å². The molecule has 0 aromatic carbocycles. The van der Waals surface area contributed by atoms with E-state index < -0.39 is 7.60 Å². The minimum atomic E-state index is -3.33. The lowest BCUT2D eigenvalue weighted by Crippen LogP contribution is -2.39. The lowest BCUT2D eigenvalue weighted by molar-refractivity contribution is -0.0652. The van der Waals surface area contributed by atoms with Crippen LogP contribution in [0.15, 0.2) is 12.7 Å². The summed E-state index contributed by atoms with van der Waals surface area (Å²) >= 11 is 0. The monoisotopic (exact) mass is 776 g/mol. The van der Waals surface area contributed by atoms with Crippen molar-refractivity contribution in [1.82, 2.24) is 19.5 Å². The van der Waals surface area contributed by atoms with Gasteiger partial charge in [0.2, 0.25) is 0 Å². The first-order valence-electron chi connectivity index (χ1n) is 23.0. The molecule has 1 aliphatic heterocycles. The first-order chi connectivity index (χ1) is 26.6. The van der Waals surface area contributed by atoms with Gasteiger partial charge in [0.05, 0.1) is 25.6 Å². The molecule has 0 amide bonds.